The molecule has 1 atom stereocenters. The number of carbonyl (C=O) groups excluding carboxylic acids is 3. The van der Waals surface area contributed by atoms with E-state index in [-0.39, 0.29) is 37.5 Å². The van der Waals surface area contributed by atoms with Crippen LogP contribution in [0, 0.1) is 0 Å². The highest BCUT2D eigenvalue weighted by Gasteiger charge is 2.19. The third kappa shape index (κ3) is 66.6. The fourth-order valence-corrected chi connectivity index (χ4v) is 9.62. The molecule has 0 amide bonds. The molecule has 1 unspecified atom stereocenters. The second kappa shape index (κ2) is 69.3. The largest absolute Gasteiger partial charge is 0.462 e. The Hall–Kier alpha value is -4.19. The molecule has 0 aliphatic rings. The van der Waals surface area contributed by atoms with Crippen LogP contribution in [0.15, 0.2) is 122 Å². The molecule has 0 saturated carbocycles. The summed E-state index contributed by atoms with van der Waals surface area (Å²) in [5.74, 6) is -0.932. The van der Waals surface area contributed by atoms with E-state index in [2.05, 4.69) is 142 Å². The van der Waals surface area contributed by atoms with Crippen molar-refractivity contribution < 1.29 is 28.6 Å². The highest BCUT2D eigenvalue weighted by Crippen LogP contribution is 2.17. The van der Waals surface area contributed by atoms with E-state index in [1.807, 2.05) is 0 Å². The van der Waals surface area contributed by atoms with Crippen LogP contribution in [-0.4, -0.2) is 37.2 Å². The van der Waals surface area contributed by atoms with Gasteiger partial charge in [0.15, 0.2) is 6.10 Å². The van der Waals surface area contributed by atoms with Crippen LogP contribution < -0.4 is 0 Å². The first kappa shape index (κ1) is 77.8. The van der Waals surface area contributed by atoms with E-state index in [0.29, 0.717) is 19.3 Å². The lowest BCUT2D eigenvalue weighted by Crippen LogP contribution is -2.30. The van der Waals surface area contributed by atoms with Crippen molar-refractivity contribution in [2.75, 3.05) is 13.2 Å². The average molecular weight is 1140 g/mol. The van der Waals surface area contributed by atoms with Gasteiger partial charge in [-0.25, -0.2) is 0 Å². The van der Waals surface area contributed by atoms with Crippen molar-refractivity contribution in [2.24, 2.45) is 0 Å². The number of unbranched alkanes of at least 4 members (excludes halogenated alkanes) is 31. The molecule has 468 valence electrons. The normalized spacial score (nSPS) is 12.9. The molecule has 0 fully saturated rings. The van der Waals surface area contributed by atoms with Crippen LogP contribution in [0.25, 0.3) is 0 Å². The lowest BCUT2D eigenvalue weighted by molar-refractivity contribution is -0.167. The van der Waals surface area contributed by atoms with Gasteiger partial charge in [-0.05, 0) is 109 Å². The molecule has 6 nitrogen and oxygen atoms in total. The maximum Gasteiger partial charge on any atom is 0.306 e. The quantitative estimate of drug-likeness (QED) is 0.0261. The minimum absolute atomic E-state index is 0.0964. The van der Waals surface area contributed by atoms with Gasteiger partial charge in [0.05, 0.1) is 0 Å². The van der Waals surface area contributed by atoms with Crippen molar-refractivity contribution in [1.82, 2.24) is 0 Å². The third-order valence-corrected chi connectivity index (χ3v) is 14.7. The maximum absolute atomic E-state index is 12.9. The summed E-state index contributed by atoms with van der Waals surface area (Å²) in [6.45, 7) is 6.41. The average Bonchev–Trinajstić information content (AvgIpc) is 3.47. The Morgan fingerprint density at radius 1 is 0.256 bits per heavy atom. The number of esters is 3. The highest BCUT2D eigenvalue weighted by atomic mass is 16.6. The number of ether oxygens (including phenoxy) is 3. The predicted molar refractivity (Wildman–Crippen MR) is 357 cm³/mol. The first-order valence-electron chi connectivity index (χ1n) is 34.5. The number of hydrogen-bond donors (Lipinski definition) is 0. The van der Waals surface area contributed by atoms with Crippen molar-refractivity contribution in [3.8, 4) is 0 Å². The minimum Gasteiger partial charge on any atom is -0.462 e. The summed E-state index contributed by atoms with van der Waals surface area (Å²) in [5.41, 5.74) is 0. The molecule has 0 spiro atoms. The summed E-state index contributed by atoms with van der Waals surface area (Å²) in [7, 11) is 0. The van der Waals surface area contributed by atoms with Gasteiger partial charge >= 0.3 is 17.9 Å². The number of rotatable bonds is 62. The van der Waals surface area contributed by atoms with E-state index in [0.717, 1.165) is 116 Å². The highest BCUT2D eigenvalue weighted by molar-refractivity contribution is 5.71. The molecule has 0 aromatic heterocycles. The molecule has 0 radical (unpaired) electrons. The molecule has 0 N–H and O–H groups in total. The van der Waals surface area contributed by atoms with Gasteiger partial charge in [-0.3, -0.25) is 14.4 Å². The van der Waals surface area contributed by atoms with Crippen molar-refractivity contribution in [2.45, 2.75) is 329 Å². The van der Waals surface area contributed by atoms with Crippen LogP contribution in [0.2, 0.25) is 0 Å². The lowest BCUT2D eigenvalue weighted by atomic mass is 10.0. The standard InChI is InChI=1S/C76H128O6/c1-4-7-10-13-16-19-22-25-28-31-34-37-38-40-42-45-48-51-54-57-60-63-66-69-75(78)81-72-73(71-80-74(77)68-65-62-59-56-53-50-47-44-41-36-33-30-27-24-21-18-15-12-9-6-3)82-76(79)70-67-64-61-58-55-52-49-46-43-39-35-32-29-26-23-20-17-14-11-8-5-2/h7-8,10-11,16-17,19-20,25-26,28-29,34-35,37,39,46,49,55,58,73H,4-6,9,12-15,18,21-24,27,30-33,36,38,40-45,47-48,50-54,56-57,59-72H2,1-3H3/b10-7-,11-8-,19-16-,20-17-,28-25-,29-26-,37-34-,39-35-,49-46-,58-55-. The molecule has 0 aliphatic heterocycles. The van der Waals surface area contributed by atoms with Crippen LogP contribution in [0.5, 0.6) is 0 Å². The summed E-state index contributed by atoms with van der Waals surface area (Å²) < 4.78 is 17.0. The van der Waals surface area contributed by atoms with E-state index in [4.69, 9.17) is 14.2 Å². The van der Waals surface area contributed by atoms with Crippen molar-refractivity contribution >= 4 is 17.9 Å². The second-order valence-corrected chi connectivity index (χ2v) is 22.7. The summed E-state index contributed by atoms with van der Waals surface area (Å²) in [6.07, 6.45) is 96.4. The van der Waals surface area contributed by atoms with Crippen molar-refractivity contribution in [3.63, 3.8) is 0 Å². The SMILES string of the molecule is CC/C=C\C/C=C\C/C=C\C/C=C\C/C=C\C/C=C\CCCCC(=O)OC(COC(=O)CCCCCCCCCCCC/C=C\C/C=C\C/C=C\C/C=C\CC)COC(=O)CCCCCCCCCCCCCCCCCCCCCC. The van der Waals surface area contributed by atoms with Gasteiger partial charge in [0.1, 0.15) is 13.2 Å². The van der Waals surface area contributed by atoms with E-state index in [1.54, 1.807) is 0 Å². The first-order valence-corrected chi connectivity index (χ1v) is 34.5. The van der Waals surface area contributed by atoms with Gasteiger partial charge in [-0.1, -0.05) is 316 Å². The third-order valence-electron chi connectivity index (χ3n) is 14.7. The Balaban J connectivity index is 4.45. The zero-order valence-electron chi connectivity index (χ0n) is 53.7. The van der Waals surface area contributed by atoms with Gasteiger partial charge in [0.2, 0.25) is 0 Å². The molecule has 0 heterocycles. The van der Waals surface area contributed by atoms with Gasteiger partial charge < -0.3 is 14.2 Å². The first-order chi connectivity index (χ1) is 40.5. The Morgan fingerprint density at radius 2 is 0.476 bits per heavy atom. The summed E-state index contributed by atoms with van der Waals surface area (Å²) in [6, 6.07) is 0. The van der Waals surface area contributed by atoms with Crippen LogP contribution >= 0.6 is 0 Å². The van der Waals surface area contributed by atoms with Crippen molar-refractivity contribution in [1.29, 1.82) is 0 Å². The smallest absolute Gasteiger partial charge is 0.306 e. The predicted octanol–water partition coefficient (Wildman–Crippen LogP) is 23.9. The zero-order valence-corrected chi connectivity index (χ0v) is 53.7. The topological polar surface area (TPSA) is 78.9 Å². The van der Waals surface area contributed by atoms with E-state index >= 15 is 0 Å². The van der Waals surface area contributed by atoms with E-state index < -0.39 is 6.10 Å². The molecule has 82 heavy (non-hydrogen) atoms. The van der Waals surface area contributed by atoms with Gasteiger partial charge in [-0.2, -0.15) is 0 Å². The van der Waals surface area contributed by atoms with Gasteiger partial charge in [-0.15, -0.1) is 0 Å². The maximum atomic E-state index is 12.9. The van der Waals surface area contributed by atoms with Crippen molar-refractivity contribution in [3.05, 3.63) is 122 Å². The summed E-state index contributed by atoms with van der Waals surface area (Å²) >= 11 is 0. The molecule has 0 saturated heterocycles. The molecular formula is C76H128O6. The van der Waals surface area contributed by atoms with Crippen LogP contribution in [0.4, 0.5) is 0 Å². The summed E-state index contributed by atoms with van der Waals surface area (Å²) in [4.78, 5) is 38.5. The number of hydrogen-bond acceptors (Lipinski definition) is 6. The Bertz CT molecular complexity index is 1690. The van der Waals surface area contributed by atoms with Gasteiger partial charge in [0.25, 0.3) is 0 Å². The molecule has 6 heteroatoms. The Labute approximate surface area is 507 Å². The molecule has 0 rings (SSSR count). The van der Waals surface area contributed by atoms with Gasteiger partial charge in [0, 0.05) is 19.3 Å². The number of carbonyl (C=O) groups is 3. The fourth-order valence-electron chi connectivity index (χ4n) is 9.62. The minimum atomic E-state index is -0.807. The Morgan fingerprint density at radius 3 is 0.768 bits per heavy atom. The monoisotopic (exact) mass is 1140 g/mol. The van der Waals surface area contributed by atoms with Crippen LogP contribution in [0.3, 0.4) is 0 Å². The Kier molecular flexibility index (Phi) is 65.8. The molecular weight excluding hydrogens is 1010 g/mol. The number of allylic oxidation sites excluding steroid dienone is 20. The van der Waals surface area contributed by atoms with Crippen LogP contribution in [-0.2, 0) is 28.6 Å². The molecule has 0 aromatic rings. The molecule has 0 aromatic carbocycles. The summed E-state index contributed by atoms with van der Waals surface area (Å²) in [5, 5.41) is 0. The lowest BCUT2D eigenvalue weighted by Gasteiger charge is -2.18. The van der Waals surface area contributed by atoms with E-state index in [9.17, 15) is 14.4 Å². The molecule has 0 bridgehead atoms. The zero-order chi connectivity index (χ0) is 59.2. The molecule has 0 aliphatic carbocycles. The fraction of sp³-hybridized carbons (Fsp3) is 0.697. The van der Waals surface area contributed by atoms with Crippen LogP contribution in [0.1, 0.15) is 323 Å². The van der Waals surface area contributed by atoms with E-state index in [1.165, 1.54) is 161 Å². The second-order valence-electron chi connectivity index (χ2n) is 22.7.